The Balaban J connectivity index is 3.03. The summed E-state index contributed by atoms with van der Waals surface area (Å²) in [5.74, 6) is 0. The molecule has 0 aliphatic rings. The van der Waals surface area contributed by atoms with Crippen molar-refractivity contribution in [1.82, 2.24) is 0 Å². The van der Waals surface area contributed by atoms with Gasteiger partial charge >= 0.3 is 0 Å². The fraction of sp³-hybridized carbons (Fsp3) is 0. The van der Waals surface area contributed by atoms with Gasteiger partial charge in [-0.05, 0) is 30.9 Å². The molecule has 0 fully saturated rings. The molecule has 0 radical (unpaired) electrons. The topological polar surface area (TPSA) is 3.24 Å². The van der Waals surface area contributed by atoms with Crippen molar-refractivity contribution in [2.75, 3.05) is 4.44 Å². The molecular weight excluding hydrogens is 180 g/mol. The van der Waals surface area contributed by atoms with E-state index in [1.165, 1.54) is 0 Å². The SMILES string of the molecule is PN(P)c1ccccc1S. The maximum Gasteiger partial charge on any atom is 0.0558 e. The van der Waals surface area contributed by atoms with Crippen molar-refractivity contribution in [3.63, 3.8) is 0 Å². The highest BCUT2D eigenvalue weighted by Gasteiger charge is 1.96. The van der Waals surface area contributed by atoms with E-state index in [2.05, 4.69) is 31.4 Å². The average molecular weight is 189 g/mol. The summed E-state index contributed by atoms with van der Waals surface area (Å²) in [6.45, 7) is 0. The van der Waals surface area contributed by atoms with Crippen LogP contribution in [-0.4, -0.2) is 0 Å². The highest BCUT2D eigenvalue weighted by molar-refractivity contribution is 7.80. The highest BCUT2D eigenvalue weighted by Crippen LogP contribution is 2.28. The van der Waals surface area contributed by atoms with E-state index >= 15 is 0 Å². The van der Waals surface area contributed by atoms with Crippen LogP contribution in [0.1, 0.15) is 0 Å². The van der Waals surface area contributed by atoms with E-state index < -0.39 is 0 Å². The van der Waals surface area contributed by atoms with Crippen LogP contribution in [0.3, 0.4) is 0 Å². The van der Waals surface area contributed by atoms with Crippen molar-refractivity contribution in [1.29, 1.82) is 0 Å². The smallest absolute Gasteiger partial charge is 0.0558 e. The summed E-state index contributed by atoms with van der Waals surface area (Å²) in [6, 6.07) is 7.91. The van der Waals surface area contributed by atoms with Crippen LogP contribution < -0.4 is 4.44 Å². The molecule has 1 aromatic rings. The Kier molecular flexibility index (Phi) is 2.97. The molecule has 0 aromatic heterocycles. The van der Waals surface area contributed by atoms with Crippen LogP contribution in [-0.2, 0) is 0 Å². The molecule has 0 saturated carbocycles. The van der Waals surface area contributed by atoms with Gasteiger partial charge in [-0.1, -0.05) is 12.1 Å². The van der Waals surface area contributed by atoms with Gasteiger partial charge < -0.3 is 4.44 Å². The molecule has 0 N–H and O–H groups in total. The summed E-state index contributed by atoms with van der Waals surface area (Å²) in [5, 5.41) is 0. The zero-order valence-electron chi connectivity index (χ0n) is 5.36. The summed E-state index contributed by atoms with van der Waals surface area (Å²) in [7, 11) is 5.11. The van der Waals surface area contributed by atoms with E-state index in [1.807, 2.05) is 28.7 Å². The summed E-state index contributed by atoms with van der Waals surface area (Å²) < 4.78 is 1.88. The van der Waals surface area contributed by atoms with Gasteiger partial charge in [0, 0.05) is 4.90 Å². The molecule has 0 bridgehead atoms. The first-order valence-electron chi connectivity index (χ1n) is 2.79. The molecule has 4 heteroatoms. The van der Waals surface area contributed by atoms with Crippen LogP contribution in [0.25, 0.3) is 0 Å². The lowest BCUT2D eigenvalue weighted by Crippen LogP contribution is -1.89. The third kappa shape index (κ3) is 1.85. The second kappa shape index (κ2) is 3.57. The van der Waals surface area contributed by atoms with Gasteiger partial charge in [0.1, 0.15) is 0 Å². The van der Waals surface area contributed by atoms with Crippen LogP contribution in [0.5, 0.6) is 0 Å². The van der Waals surface area contributed by atoms with Crippen LogP contribution >= 0.6 is 31.4 Å². The summed E-state index contributed by atoms with van der Waals surface area (Å²) in [6.07, 6.45) is 0. The van der Waals surface area contributed by atoms with Crippen LogP contribution in [0, 0.1) is 0 Å². The standard InChI is InChI=1S/C6H9NP2S/c8-7(9)5-3-1-2-4-6(5)10/h1-4,10H,8-9H2. The Labute approximate surface area is 71.1 Å². The molecular formula is C6H9NP2S. The predicted molar refractivity (Wildman–Crippen MR) is 55.6 cm³/mol. The average Bonchev–Trinajstić information content (AvgIpc) is 1.88. The van der Waals surface area contributed by atoms with Crippen molar-refractivity contribution in [3.05, 3.63) is 24.3 Å². The van der Waals surface area contributed by atoms with E-state index in [0.717, 1.165) is 10.6 Å². The predicted octanol–water partition coefficient (Wildman–Crippen LogP) is 2.36. The molecule has 1 aromatic carbocycles. The molecule has 1 nitrogen and oxygen atoms in total. The van der Waals surface area contributed by atoms with Crippen molar-refractivity contribution in [2.45, 2.75) is 4.90 Å². The third-order valence-electron chi connectivity index (χ3n) is 1.16. The minimum Gasteiger partial charge on any atom is -0.340 e. The minimum absolute atomic E-state index is 0.979. The van der Waals surface area contributed by atoms with Crippen molar-refractivity contribution in [2.24, 2.45) is 0 Å². The lowest BCUT2D eigenvalue weighted by molar-refractivity contribution is 1.43. The normalized spacial score (nSPS) is 9.50. The zero-order valence-corrected chi connectivity index (χ0v) is 8.56. The fourth-order valence-electron chi connectivity index (χ4n) is 0.683. The van der Waals surface area contributed by atoms with Gasteiger partial charge in [-0.15, -0.1) is 12.6 Å². The van der Waals surface area contributed by atoms with Gasteiger partial charge in [0.15, 0.2) is 0 Å². The number of anilines is 1. The first kappa shape index (κ1) is 8.33. The Hall–Kier alpha value is 0.230. The molecule has 0 saturated heterocycles. The van der Waals surface area contributed by atoms with E-state index in [1.54, 1.807) is 0 Å². The second-order valence-electron chi connectivity index (χ2n) is 1.90. The van der Waals surface area contributed by atoms with Gasteiger partial charge in [-0.25, -0.2) is 0 Å². The quantitative estimate of drug-likeness (QED) is 0.524. The monoisotopic (exact) mass is 189 g/mol. The molecule has 0 heterocycles. The van der Waals surface area contributed by atoms with Gasteiger partial charge in [0.2, 0.25) is 0 Å². The Morgan fingerprint density at radius 1 is 1.20 bits per heavy atom. The maximum absolute atomic E-state index is 4.27. The number of hydrogen-bond acceptors (Lipinski definition) is 2. The highest BCUT2D eigenvalue weighted by atomic mass is 32.1. The summed E-state index contributed by atoms with van der Waals surface area (Å²) >= 11 is 4.27. The van der Waals surface area contributed by atoms with Crippen molar-refractivity contribution >= 4 is 37.1 Å². The Morgan fingerprint density at radius 2 is 1.80 bits per heavy atom. The van der Waals surface area contributed by atoms with Crippen LogP contribution in [0.4, 0.5) is 5.69 Å². The van der Waals surface area contributed by atoms with Crippen molar-refractivity contribution in [3.8, 4) is 0 Å². The number of thiol groups is 1. The van der Waals surface area contributed by atoms with E-state index in [9.17, 15) is 0 Å². The fourth-order valence-corrected chi connectivity index (χ4v) is 1.63. The van der Waals surface area contributed by atoms with Crippen molar-refractivity contribution < 1.29 is 0 Å². The van der Waals surface area contributed by atoms with E-state index in [-0.39, 0.29) is 0 Å². The molecule has 2 atom stereocenters. The van der Waals surface area contributed by atoms with Gasteiger partial charge in [-0.3, -0.25) is 0 Å². The maximum atomic E-state index is 4.27. The molecule has 10 heavy (non-hydrogen) atoms. The number of benzene rings is 1. The molecule has 0 aliphatic carbocycles. The number of nitrogens with zero attached hydrogens (tertiary/aromatic N) is 1. The Bertz CT molecular complexity index is 227. The lowest BCUT2D eigenvalue weighted by Gasteiger charge is -2.12. The molecule has 54 valence electrons. The Morgan fingerprint density at radius 3 is 2.20 bits per heavy atom. The largest absolute Gasteiger partial charge is 0.340 e. The molecule has 0 amide bonds. The first-order valence-corrected chi connectivity index (χ1v) is 4.27. The first-order chi connectivity index (χ1) is 4.72. The van der Waals surface area contributed by atoms with Gasteiger partial charge in [-0.2, -0.15) is 0 Å². The number of para-hydroxylation sites is 1. The summed E-state index contributed by atoms with van der Waals surface area (Å²) in [4.78, 5) is 0.979. The van der Waals surface area contributed by atoms with Gasteiger partial charge in [0.05, 0.1) is 5.69 Å². The van der Waals surface area contributed by atoms with E-state index in [0.29, 0.717) is 0 Å². The third-order valence-corrected chi connectivity index (χ3v) is 2.09. The minimum atomic E-state index is 0.979. The molecule has 0 spiro atoms. The van der Waals surface area contributed by atoms with Gasteiger partial charge in [0.25, 0.3) is 0 Å². The molecule has 1 rings (SSSR count). The molecule has 2 unspecified atom stereocenters. The number of rotatable bonds is 1. The zero-order chi connectivity index (χ0) is 7.56. The summed E-state index contributed by atoms with van der Waals surface area (Å²) in [5.41, 5.74) is 1.08. The molecule has 0 aliphatic heterocycles. The lowest BCUT2D eigenvalue weighted by atomic mass is 10.3. The van der Waals surface area contributed by atoms with E-state index in [4.69, 9.17) is 0 Å². The van der Waals surface area contributed by atoms with Crippen LogP contribution in [0.15, 0.2) is 29.2 Å². The second-order valence-corrected chi connectivity index (χ2v) is 4.09. The van der Waals surface area contributed by atoms with Crippen LogP contribution in [0.2, 0.25) is 0 Å². The number of hydrogen-bond donors (Lipinski definition) is 1.